The molecule has 1 atom stereocenters. The number of carbonyl (C=O) groups excluding carboxylic acids is 1. The molecule has 0 radical (unpaired) electrons. The third-order valence-corrected chi connectivity index (χ3v) is 3.31. The maximum Gasteiger partial charge on any atom is 0.253 e. The van der Waals surface area contributed by atoms with Gasteiger partial charge in [0.2, 0.25) is 0 Å². The Hall–Kier alpha value is -0.900. The van der Waals surface area contributed by atoms with Crippen LogP contribution >= 0.6 is 15.9 Å². The number of nitrogens with zero attached hydrogens (tertiary/aromatic N) is 1. The van der Waals surface area contributed by atoms with Crippen LogP contribution in [0, 0.1) is 12.8 Å². The van der Waals surface area contributed by atoms with E-state index in [1.165, 1.54) is 0 Å². The molecule has 4 heteroatoms. The Morgan fingerprint density at radius 2 is 2.24 bits per heavy atom. The van der Waals surface area contributed by atoms with E-state index in [9.17, 15) is 4.79 Å². The van der Waals surface area contributed by atoms with Gasteiger partial charge < -0.3 is 5.32 Å². The predicted octanol–water partition coefficient (Wildman–Crippen LogP) is 2.93. The summed E-state index contributed by atoms with van der Waals surface area (Å²) in [6.45, 7) is 6.15. The van der Waals surface area contributed by atoms with E-state index in [0.29, 0.717) is 11.5 Å². The van der Waals surface area contributed by atoms with Crippen LogP contribution in [0.4, 0.5) is 0 Å². The second kappa shape index (κ2) is 6.74. The van der Waals surface area contributed by atoms with Gasteiger partial charge >= 0.3 is 0 Å². The van der Waals surface area contributed by atoms with Gasteiger partial charge in [0, 0.05) is 23.3 Å². The quantitative estimate of drug-likeness (QED) is 0.849. The van der Waals surface area contributed by atoms with Gasteiger partial charge in [-0.3, -0.25) is 9.78 Å². The molecule has 0 aliphatic rings. The van der Waals surface area contributed by atoms with Gasteiger partial charge in [0.05, 0.1) is 5.56 Å². The van der Waals surface area contributed by atoms with Crippen LogP contribution in [0.25, 0.3) is 0 Å². The van der Waals surface area contributed by atoms with Crippen LogP contribution in [0.2, 0.25) is 0 Å². The summed E-state index contributed by atoms with van der Waals surface area (Å²) in [7, 11) is 0. The zero-order valence-electron chi connectivity index (χ0n) is 10.5. The average molecular weight is 299 g/mol. The Morgan fingerprint density at radius 1 is 1.53 bits per heavy atom. The van der Waals surface area contributed by atoms with E-state index < -0.39 is 0 Å². The molecular weight excluding hydrogens is 280 g/mol. The second-order valence-electron chi connectivity index (χ2n) is 4.59. The summed E-state index contributed by atoms with van der Waals surface area (Å²) in [4.78, 5) is 16.2. The van der Waals surface area contributed by atoms with Crippen LogP contribution < -0.4 is 5.32 Å². The van der Waals surface area contributed by atoms with E-state index in [4.69, 9.17) is 0 Å². The summed E-state index contributed by atoms with van der Waals surface area (Å²) in [5.41, 5.74) is 1.42. The van der Waals surface area contributed by atoms with Crippen LogP contribution in [0.3, 0.4) is 0 Å². The number of nitrogens with one attached hydrogen (secondary N) is 1. The number of carbonyl (C=O) groups is 1. The van der Waals surface area contributed by atoms with Crippen LogP contribution in [-0.4, -0.2) is 22.3 Å². The molecule has 0 saturated heterocycles. The van der Waals surface area contributed by atoms with Gasteiger partial charge in [-0.15, -0.1) is 0 Å². The van der Waals surface area contributed by atoms with Crippen molar-refractivity contribution in [1.82, 2.24) is 10.3 Å². The molecule has 1 rings (SSSR count). The van der Waals surface area contributed by atoms with Crippen LogP contribution in [0.5, 0.6) is 0 Å². The Kier molecular flexibility index (Phi) is 5.62. The van der Waals surface area contributed by atoms with Crippen LogP contribution in [-0.2, 0) is 0 Å². The lowest BCUT2D eigenvalue weighted by molar-refractivity contribution is 0.0936. The lowest BCUT2D eigenvalue weighted by atomic mass is 10.0. The molecule has 0 aromatic carbocycles. The number of amides is 1. The summed E-state index contributed by atoms with van der Waals surface area (Å²) >= 11 is 3.43. The molecule has 3 nitrogen and oxygen atoms in total. The third-order valence-electron chi connectivity index (χ3n) is 2.53. The molecule has 0 aliphatic heterocycles. The van der Waals surface area contributed by atoms with E-state index in [-0.39, 0.29) is 11.9 Å². The summed E-state index contributed by atoms with van der Waals surface area (Å²) in [6, 6.07) is 3.76. The molecule has 0 bridgehead atoms. The highest BCUT2D eigenvalue weighted by Crippen LogP contribution is 2.09. The van der Waals surface area contributed by atoms with Gasteiger partial charge in [-0.1, -0.05) is 29.8 Å². The molecule has 0 spiro atoms. The Morgan fingerprint density at radius 3 is 2.76 bits per heavy atom. The lowest BCUT2D eigenvalue weighted by Gasteiger charge is -2.18. The molecular formula is C13H19BrN2O. The number of aryl methyl sites for hydroxylation is 1. The van der Waals surface area contributed by atoms with Crippen molar-refractivity contribution in [3.63, 3.8) is 0 Å². The summed E-state index contributed by atoms with van der Waals surface area (Å²) in [5, 5.41) is 3.80. The Bertz CT molecular complexity index is 379. The highest BCUT2D eigenvalue weighted by molar-refractivity contribution is 9.09. The highest BCUT2D eigenvalue weighted by atomic mass is 79.9. The molecule has 94 valence electrons. The van der Waals surface area contributed by atoms with Gasteiger partial charge in [-0.05, 0) is 31.4 Å². The average Bonchev–Trinajstić information content (AvgIpc) is 2.27. The van der Waals surface area contributed by atoms with Crippen molar-refractivity contribution < 1.29 is 4.79 Å². The Labute approximate surface area is 111 Å². The number of hydrogen-bond acceptors (Lipinski definition) is 2. The molecule has 0 saturated carbocycles. The van der Waals surface area contributed by atoms with E-state index in [0.717, 1.165) is 17.4 Å². The standard InChI is InChI=1S/C13H19BrN2O/c1-9(2)7-11(8-14)16-13(17)12-5-4-6-15-10(12)3/h4-6,9,11H,7-8H2,1-3H3,(H,16,17). The maximum atomic E-state index is 12.0. The Balaban J connectivity index is 2.68. The van der Waals surface area contributed by atoms with Crippen molar-refractivity contribution >= 4 is 21.8 Å². The molecule has 1 aromatic heterocycles. The lowest BCUT2D eigenvalue weighted by Crippen LogP contribution is -2.37. The minimum atomic E-state index is -0.0410. The van der Waals surface area contributed by atoms with Crippen molar-refractivity contribution in [1.29, 1.82) is 0 Å². The van der Waals surface area contributed by atoms with E-state index in [2.05, 4.69) is 40.1 Å². The SMILES string of the molecule is Cc1ncccc1C(=O)NC(CBr)CC(C)C. The maximum absolute atomic E-state index is 12.0. The van der Waals surface area contributed by atoms with E-state index >= 15 is 0 Å². The molecule has 1 heterocycles. The van der Waals surface area contributed by atoms with Crippen molar-refractivity contribution in [2.24, 2.45) is 5.92 Å². The number of halogens is 1. The van der Waals surface area contributed by atoms with Gasteiger partial charge in [-0.2, -0.15) is 0 Å². The van der Waals surface area contributed by atoms with E-state index in [1.54, 1.807) is 18.3 Å². The first-order valence-corrected chi connectivity index (χ1v) is 6.95. The van der Waals surface area contributed by atoms with E-state index in [1.807, 2.05) is 6.92 Å². The third kappa shape index (κ3) is 4.46. The van der Waals surface area contributed by atoms with Gasteiger partial charge in [0.25, 0.3) is 5.91 Å². The van der Waals surface area contributed by atoms with Crippen molar-refractivity contribution in [2.45, 2.75) is 33.2 Å². The summed E-state index contributed by atoms with van der Waals surface area (Å²) in [6.07, 6.45) is 2.67. The molecule has 1 N–H and O–H groups in total. The smallest absolute Gasteiger partial charge is 0.253 e. The monoisotopic (exact) mass is 298 g/mol. The zero-order chi connectivity index (χ0) is 12.8. The second-order valence-corrected chi connectivity index (χ2v) is 5.24. The number of hydrogen-bond donors (Lipinski definition) is 1. The van der Waals surface area contributed by atoms with Gasteiger partial charge in [0.15, 0.2) is 0 Å². The van der Waals surface area contributed by atoms with Crippen LogP contribution in [0.15, 0.2) is 18.3 Å². The largest absolute Gasteiger partial charge is 0.348 e. The van der Waals surface area contributed by atoms with Gasteiger partial charge in [0.1, 0.15) is 0 Å². The number of aromatic nitrogens is 1. The molecule has 17 heavy (non-hydrogen) atoms. The number of pyridine rings is 1. The van der Waals surface area contributed by atoms with Crippen LogP contribution in [0.1, 0.15) is 36.3 Å². The fourth-order valence-corrected chi connectivity index (χ4v) is 2.14. The first-order chi connectivity index (χ1) is 8.04. The number of alkyl halides is 1. The predicted molar refractivity (Wildman–Crippen MR) is 73.5 cm³/mol. The molecule has 1 aromatic rings. The summed E-state index contributed by atoms with van der Waals surface area (Å²) in [5.74, 6) is 0.522. The molecule has 1 amide bonds. The topological polar surface area (TPSA) is 42.0 Å². The molecule has 1 unspecified atom stereocenters. The number of rotatable bonds is 5. The fourth-order valence-electron chi connectivity index (χ4n) is 1.72. The summed E-state index contributed by atoms with van der Waals surface area (Å²) < 4.78 is 0. The first kappa shape index (κ1) is 14.2. The normalized spacial score (nSPS) is 12.5. The molecule has 0 aliphatic carbocycles. The highest BCUT2D eigenvalue weighted by Gasteiger charge is 2.15. The minimum absolute atomic E-state index is 0.0410. The van der Waals surface area contributed by atoms with Crippen molar-refractivity contribution in [3.8, 4) is 0 Å². The fraction of sp³-hybridized carbons (Fsp3) is 0.538. The first-order valence-electron chi connectivity index (χ1n) is 5.83. The minimum Gasteiger partial charge on any atom is -0.348 e. The van der Waals surface area contributed by atoms with Crippen molar-refractivity contribution in [2.75, 3.05) is 5.33 Å². The van der Waals surface area contributed by atoms with Gasteiger partial charge in [-0.25, -0.2) is 0 Å². The zero-order valence-corrected chi connectivity index (χ0v) is 12.1. The molecule has 0 fully saturated rings. The van der Waals surface area contributed by atoms with Crippen molar-refractivity contribution in [3.05, 3.63) is 29.6 Å².